The lowest BCUT2D eigenvalue weighted by Gasteiger charge is -2.10. The lowest BCUT2D eigenvalue weighted by atomic mass is 10.3. The number of anilines is 1. The Bertz CT molecular complexity index is 1120. The highest BCUT2D eigenvalue weighted by atomic mass is 16.5. The average molecular weight is 357 g/mol. The van der Waals surface area contributed by atoms with E-state index in [0.29, 0.717) is 17.9 Å². The summed E-state index contributed by atoms with van der Waals surface area (Å²) in [4.78, 5) is 16.9. The maximum absolute atomic E-state index is 12.3. The van der Waals surface area contributed by atoms with E-state index in [1.165, 1.54) is 0 Å². The number of para-hydroxylation sites is 1. The van der Waals surface area contributed by atoms with Gasteiger partial charge in [0.2, 0.25) is 0 Å². The van der Waals surface area contributed by atoms with E-state index in [2.05, 4.69) is 10.3 Å². The summed E-state index contributed by atoms with van der Waals surface area (Å²) >= 11 is 0. The molecule has 5 heteroatoms. The molecule has 5 nitrogen and oxygen atoms in total. The molecule has 2 heterocycles. The molecule has 4 rings (SSSR count). The molecule has 0 saturated heterocycles. The molecule has 0 saturated carbocycles. The van der Waals surface area contributed by atoms with E-state index in [0.717, 1.165) is 22.9 Å². The van der Waals surface area contributed by atoms with Crippen molar-refractivity contribution in [1.29, 1.82) is 0 Å². The topological polar surface area (TPSA) is 55.6 Å². The summed E-state index contributed by atoms with van der Waals surface area (Å²) in [5.74, 6) is 1.57. The number of benzene rings is 2. The number of pyridine rings is 1. The number of aromatic nitrogens is 2. The van der Waals surface area contributed by atoms with Crippen LogP contribution in [0.2, 0.25) is 0 Å². The third-order valence-electron chi connectivity index (χ3n) is 4.24. The van der Waals surface area contributed by atoms with Crippen molar-refractivity contribution >= 4 is 11.3 Å². The molecule has 0 bridgehead atoms. The Morgan fingerprint density at radius 1 is 0.926 bits per heavy atom. The normalized spacial score (nSPS) is 10.7. The Labute approximate surface area is 156 Å². The van der Waals surface area contributed by atoms with Crippen LogP contribution in [0.15, 0.2) is 83.7 Å². The number of nitrogens with one attached hydrogen (secondary N) is 1. The zero-order valence-corrected chi connectivity index (χ0v) is 14.9. The summed E-state index contributed by atoms with van der Waals surface area (Å²) in [5.41, 5.74) is 3.10. The fourth-order valence-electron chi connectivity index (χ4n) is 2.91. The Hall–Kier alpha value is -3.60. The van der Waals surface area contributed by atoms with Gasteiger partial charge in [-0.3, -0.25) is 9.20 Å². The van der Waals surface area contributed by atoms with Crippen molar-refractivity contribution in [2.24, 2.45) is 0 Å². The monoisotopic (exact) mass is 357 g/mol. The first-order valence-electron chi connectivity index (χ1n) is 8.74. The van der Waals surface area contributed by atoms with Gasteiger partial charge in [-0.15, -0.1) is 0 Å². The fraction of sp³-hybridized carbons (Fsp3) is 0.0909. The van der Waals surface area contributed by atoms with Gasteiger partial charge in [0, 0.05) is 17.4 Å². The van der Waals surface area contributed by atoms with Crippen LogP contribution in [0.4, 0.5) is 5.69 Å². The summed E-state index contributed by atoms with van der Waals surface area (Å²) in [6.45, 7) is 2.37. The standard InChI is InChI=1S/C22H19N3O2/c1-16-6-5-9-21-24-18(14-22(26)25(16)21)15-23-17-10-12-20(13-11-17)27-19-7-3-2-4-8-19/h2-14,23H,15H2,1H3. The third-order valence-corrected chi connectivity index (χ3v) is 4.24. The van der Waals surface area contributed by atoms with Crippen LogP contribution in [0.5, 0.6) is 11.5 Å². The van der Waals surface area contributed by atoms with Gasteiger partial charge in [-0.05, 0) is 55.5 Å². The lowest BCUT2D eigenvalue weighted by Crippen LogP contribution is -2.18. The van der Waals surface area contributed by atoms with E-state index in [1.54, 1.807) is 10.5 Å². The highest BCUT2D eigenvalue weighted by Crippen LogP contribution is 2.22. The Kier molecular flexibility index (Phi) is 4.58. The van der Waals surface area contributed by atoms with Gasteiger partial charge in [0.15, 0.2) is 0 Å². The molecule has 0 spiro atoms. The second kappa shape index (κ2) is 7.33. The minimum atomic E-state index is -0.0680. The van der Waals surface area contributed by atoms with Gasteiger partial charge >= 0.3 is 0 Å². The molecule has 0 amide bonds. The zero-order chi connectivity index (χ0) is 18.6. The van der Waals surface area contributed by atoms with Crippen LogP contribution < -0.4 is 15.6 Å². The number of aryl methyl sites for hydroxylation is 1. The molecule has 0 aliphatic heterocycles. The van der Waals surface area contributed by atoms with Crippen LogP contribution in [0.1, 0.15) is 11.4 Å². The number of nitrogens with zero attached hydrogens (tertiary/aromatic N) is 2. The van der Waals surface area contributed by atoms with Crippen molar-refractivity contribution in [2.45, 2.75) is 13.5 Å². The summed E-state index contributed by atoms with van der Waals surface area (Å²) in [5, 5.41) is 3.29. The van der Waals surface area contributed by atoms with Gasteiger partial charge in [0.25, 0.3) is 5.56 Å². The minimum absolute atomic E-state index is 0.0680. The van der Waals surface area contributed by atoms with Gasteiger partial charge in [-0.25, -0.2) is 4.98 Å². The molecule has 0 aliphatic rings. The molecule has 0 unspecified atom stereocenters. The predicted molar refractivity (Wildman–Crippen MR) is 106 cm³/mol. The van der Waals surface area contributed by atoms with E-state index in [1.807, 2.05) is 79.7 Å². The average Bonchev–Trinajstić information content (AvgIpc) is 2.68. The molecule has 134 valence electrons. The highest BCUT2D eigenvalue weighted by Gasteiger charge is 2.04. The fourth-order valence-corrected chi connectivity index (χ4v) is 2.91. The van der Waals surface area contributed by atoms with Crippen molar-refractivity contribution in [1.82, 2.24) is 9.38 Å². The molecular formula is C22H19N3O2. The highest BCUT2D eigenvalue weighted by molar-refractivity contribution is 5.48. The number of hydrogen-bond donors (Lipinski definition) is 1. The second-order valence-corrected chi connectivity index (χ2v) is 6.24. The maximum Gasteiger partial charge on any atom is 0.258 e. The van der Waals surface area contributed by atoms with Crippen molar-refractivity contribution in [3.05, 3.63) is 101 Å². The number of rotatable bonds is 5. The van der Waals surface area contributed by atoms with E-state index in [4.69, 9.17) is 4.74 Å². The van der Waals surface area contributed by atoms with Crippen LogP contribution >= 0.6 is 0 Å². The quantitative estimate of drug-likeness (QED) is 0.575. The van der Waals surface area contributed by atoms with Crippen LogP contribution in [0, 0.1) is 6.92 Å². The Morgan fingerprint density at radius 2 is 1.67 bits per heavy atom. The van der Waals surface area contributed by atoms with E-state index in [-0.39, 0.29) is 5.56 Å². The van der Waals surface area contributed by atoms with Crippen LogP contribution in [0.3, 0.4) is 0 Å². The summed E-state index contributed by atoms with van der Waals surface area (Å²) in [6, 6.07) is 24.6. The first-order chi connectivity index (χ1) is 13.2. The third kappa shape index (κ3) is 3.82. The number of ether oxygens (including phenoxy) is 1. The van der Waals surface area contributed by atoms with Gasteiger partial charge in [0.1, 0.15) is 17.1 Å². The molecule has 2 aromatic heterocycles. The SMILES string of the molecule is Cc1cccc2nc(CNc3ccc(Oc4ccccc4)cc3)cc(=O)n12. The summed E-state index contributed by atoms with van der Waals surface area (Å²) in [6.07, 6.45) is 0. The van der Waals surface area contributed by atoms with E-state index < -0.39 is 0 Å². The largest absolute Gasteiger partial charge is 0.457 e. The van der Waals surface area contributed by atoms with Crippen molar-refractivity contribution in [3.8, 4) is 11.5 Å². The van der Waals surface area contributed by atoms with E-state index in [9.17, 15) is 4.79 Å². The van der Waals surface area contributed by atoms with Gasteiger partial charge in [-0.1, -0.05) is 24.3 Å². The Morgan fingerprint density at radius 3 is 2.44 bits per heavy atom. The van der Waals surface area contributed by atoms with Crippen molar-refractivity contribution in [3.63, 3.8) is 0 Å². The van der Waals surface area contributed by atoms with Gasteiger partial charge < -0.3 is 10.1 Å². The number of fused-ring (bicyclic) bond motifs is 1. The maximum atomic E-state index is 12.3. The molecule has 0 radical (unpaired) electrons. The van der Waals surface area contributed by atoms with Gasteiger partial charge in [-0.2, -0.15) is 0 Å². The van der Waals surface area contributed by atoms with Gasteiger partial charge in [0.05, 0.1) is 12.2 Å². The minimum Gasteiger partial charge on any atom is -0.457 e. The predicted octanol–water partition coefficient (Wildman–Crippen LogP) is 4.41. The van der Waals surface area contributed by atoms with Crippen molar-refractivity contribution < 1.29 is 4.74 Å². The smallest absolute Gasteiger partial charge is 0.258 e. The molecule has 1 N–H and O–H groups in total. The van der Waals surface area contributed by atoms with E-state index >= 15 is 0 Å². The first kappa shape index (κ1) is 16.8. The first-order valence-corrected chi connectivity index (χ1v) is 8.74. The number of hydrogen-bond acceptors (Lipinski definition) is 4. The van der Waals surface area contributed by atoms with Crippen LogP contribution in [0.25, 0.3) is 5.65 Å². The van der Waals surface area contributed by atoms with Crippen molar-refractivity contribution in [2.75, 3.05) is 5.32 Å². The molecule has 2 aromatic carbocycles. The van der Waals surface area contributed by atoms with Crippen LogP contribution in [-0.2, 0) is 6.54 Å². The molecule has 0 atom stereocenters. The second-order valence-electron chi connectivity index (χ2n) is 6.24. The molecule has 0 aliphatic carbocycles. The Balaban J connectivity index is 1.46. The molecule has 0 fully saturated rings. The summed E-state index contributed by atoms with van der Waals surface area (Å²) in [7, 11) is 0. The molecule has 27 heavy (non-hydrogen) atoms. The zero-order valence-electron chi connectivity index (χ0n) is 14.9. The summed E-state index contributed by atoms with van der Waals surface area (Å²) < 4.78 is 7.40. The molecular weight excluding hydrogens is 338 g/mol. The lowest BCUT2D eigenvalue weighted by molar-refractivity contribution is 0.483. The molecule has 4 aromatic rings. The van der Waals surface area contributed by atoms with Crippen LogP contribution in [-0.4, -0.2) is 9.38 Å².